The van der Waals surface area contributed by atoms with Gasteiger partial charge in [-0.25, -0.2) is 0 Å². The van der Waals surface area contributed by atoms with Crippen LogP contribution in [0.2, 0.25) is 0 Å². The van der Waals surface area contributed by atoms with E-state index < -0.39 is 5.97 Å². The van der Waals surface area contributed by atoms with Crippen LogP contribution >= 0.6 is 0 Å². The average molecular weight is 285 g/mol. The highest BCUT2D eigenvalue weighted by Gasteiger charge is 2.42. The van der Waals surface area contributed by atoms with Gasteiger partial charge in [0, 0.05) is 13.1 Å². The van der Waals surface area contributed by atoms with Crippen LogP contribution in [-0.4, -0.2) is 28.6 Å². The fourth-order valence-corrected chi connectivity index (χ4v) is 4.91. The van der Waals surface area contributed by atoms with E-state index in [0.29, 0.717) is 6.42 Å². The number of rotatable bonds is 3. The molecule has 0 saturated heterocycles. The van der Waals surface area contributed by atoms with Crippen LogP contribution in [0, 0.1) is 17.8 Å². The van der Waals surface area contributed by atoms with Crippen molar-refractivity contribution in [1.82, 2.24) is 4.90 Å². The second kappa shape index (κ2) is 5.13. The molecule has 2 saturated carbocycles. The summed E-state index contributed by atoms with van der Waals surface area (Å²) in [5, 5.41) is 9.60. The summed E-state index contributed by atoms with van der Waals surface area (Å²) >= 11 is 0. The number of carboxylic acid groups (broad SMARTS) is 1. The lowest BCUT2D eigenvalue weighted by Gasteiger charge is -2.37. The van der Waals surface area contributed by atoms with Crippen LogP contribution in [-0.2, 0) is 17.8 Å². The Hall–Kier alpha value is -1.35. The van der Waals surface area contributed by atoms with Gasteiger partial charge in [0.1, 0.15) is 6.04 Å². The lowest BCUT2D eigenvalue weighted by atomic mass is 9.86. The first-order valence-corrected chi connectivity index (χ1v) is 8.24. The molecule has 1 heterocycles. The van der Waals surface area contributed by atoms with E-state index in [1.165, 1.54) is 36.8 Å². The number of fused-ring (bicyclic) bond motifs is 3. The van der Waals surface area contributed by atoms with Crippen LogP contribution < -0.4 is 0 Å². The third-order valence-corrected chi connectivity index (χ3v) is 5.98. The molecule has 4 atom stereocenters. The van der Waals surface area contributed by atoms with E-state index in [-0.39, 0.29) is 6.04 Å². The first-order chi connectivity index (χ1) is 10.2. The van der Waals surface area contributed by atoms with Crippen LogP contribution in [0.15, 0.2) is 24.3 Å². The predicted molar refractivity (Wildman–Crippen MR) is 80.9 cm³/mol. The molecular weight excluding hydrogens is 262 g/mol. The van der Waals surface area contributed by atoms with Gasteiger partial charge in [-0.15, -0.1) is 0 Å². The zero-order valence-electron chi connectivity index (χ0n) is 12.4. The van der Waals surface area contributed by atoms with Crippen LogP contribution in [0.4, 0.5) is 0 Å². The van der Waals surface area contributed by atoms with Gasteiger partial charge in [0.25, 0.3) is 0 Å². The molecule has 3 heteroatoms. The van der Waals surface area contributed by atoms with Crippen molar-refractivity contribution in [2.75, 3.05) is 6.54 Å². The van der Waals surface area contributed by atoms with Crippen molar-refractivity contribution in [1.29, 1.82) is 0 Å². The predicted octanol–water partition coefficient (Wildman–Crippen LogP) is 2.93. The summed E-state index contributed by atoms with van der Waals surface area (Å²) in [4.78, 5) is 13.9. The lowest BCUT2D eigenvalue weighted by Crippen LogP contribution is -2.47. The summed E-state index contributed by atoms with van der Waals surface area (Å²) < 4.78 is 0. The molecule has 1 aliphatic heterocycles. The molecule has 1 aromatic carbocycles. The normalized spacial score (nSPS) is 34.9. The smallest absolute Gasteiger partial charge is 0.321 e. The van der Waals surface area contributed by atoms with Crippen molar-refractivity contribution in [3.8, 4) is 0 Å². The quantitative estimate of drug-likeness (QED) is 0.928. The Morgan fingerprint density at radius 3 is 2.67 bits per heavy atom. The van der Waals surface area contributed by atoms with Gasteiger partial charge in [-0.1, -0.05) is 30.7 Å². The monoisotopic (exact) mass is 285 g/mol. The van der Waals surface area contributed by atoms with Crippen molar-refractivity contribution in [3.05, 3.63) is 35.4 Å². The third kappa shape index (κ3) is 2.38. The van der Waals surface area contributed by atoms with Gasteiger partial charge < -0.3 is 5.11 Å². The van der Waals surface area contributed by atoms with Gasteiger partial charge in [0.2, 0.25) is 0 Å². The molecule has 21 heavy (non-hydrogen) atoms. The number of carboxylic acids is 1. The van der Waals surface area contributed by atoms with Crippen molar-refractivity contribution in [3.63, 3.8) is 0 Å². The Bertz CT molecular complexity index is 556. The third-order valence-electron chi connectivity index (χ3n) is 5.98. The van der Waals surface area contributed by atoms with Gasteiger partial charge in [0.05, 0.1) is 0 Å². The molecule has 0 spiro atoms. The molecule has 0 aromatic heterocycles. The molecule has 3 unspecified atom stereocenters. The molecule has 2 fully saturated rings. The highest BCUT2D eigenvalue weighted by atomic mass is 16.4. The Morgan fingerprint density at radius 1 is 1.19 bits per heavy atom. The highest BCUT2D eigenvalue weighted by Crippen LogP contribution is 2.48. The van der Waals surface area contributed by atoms with Gasteiger partial charge in [-0.2, -0.15) is 0 Å². The molecule has 2 aliphatic carbocycles. The van der Waals surface area contributed by atoms with E-state index in [4.69, 9.17) is 0 Å². The van der Waals surface area contributed by atoms with E-state index in [1.807, 2.05) is 6.07 Å². The van der Waals surface area contributed by atoms with Crippen molar-refractivity contribution in [2.45, 2.75) is 44.7 Å². The second-order valence-electron chi connectivity index (χ2n) is 7.19. The van der Waals surface area contributed by atoms with Crippen molar-refractivity contribution >= 4 is 5.97 Å². The zero-order chi connectivity index (χ0) is 14.4. The highest BCUT2D eigenvalue weighted by molar-refractivity contribution is 5.74. The second-order valence-corrected chi connectivity index (χ2v) is 7.19. The maximum absolute atomic E-state index is 11.7. The minimum atomic E-state index is -0.660. The van der Waals surface area contributed by atoms with Crippen LogP contribution in [0.1, 0.15) is 36.8 Å². The molecule has 2 bridgehead atoms. The fourth-order valence-electron chi connectivity index (χ4n) is 4.91. The number of benzene rings is 1. The molecule has 0 amide bonds. The number of carbonyl (C=O) groups is 1. The van der Waals surface area contributed by atoms with E-state index in [1.54, 1.807) is 0 Å². The topological polar surface area (TPSA) is 40.5 Å². The van der Waals surface area contributed by atoms with Crippen molar-refractivity contribution < 1.29 is 9.90 Å². The van der Waals surface area contributed by atoms with Crippen LogP contribution in [0.5, 0.6) is 0 Å². The average Bonchev–Trinajstić information content (AvgIpc) is 3.09. The molecule has 3 nitrogen and oxygen atoms in total. The van der Waals surface area contributed by atoms with Gasteiger partial charge in [-0.05, 0) is 54.6 Å². The van der Waals surface area contributed by atoms with Gasteiger partial charge >= 0.3 is 5.97 Å². The number of hydrogen-bond acceptors (Lipinski definition) is 2. The van der Waals surface area contributed by atoms with Crippen LogP contribution in [0.25, 0.3) is 0 Å². The molecule has 3 aliphatic rings. The van der Waals surface area contributed by atoms with Gasteiger partial charge in [-0.3, -0.25) is 9.69 Å². The summed E-state index contributed by atoms with van der Waals surface area (Å²) in [5.74, 6) is 1.87. The van der Waals surface area contributed by atoms with E-state index in [0.717, 1.165) is 30.8 Å². The Labute approximate surface area is 126 Å². The fraction of sp³-hybridized carbons (Fsp3) is 0.611. The molecule has 1 N–H and O–H groups in total. The lowest BCUT2D eigenvalue weighted by molar-refractivity contribution is -0.144. The first-order valence-electron chi connectivity index (χ1n) is 8.24. The summed E-state index contributed by atoms with van der Waals surface area (Å²) in [6.07, 6.45) is 6.16. The van der Waals surface area contributed by atoms with Crippen molar-refractivity contribution in [2.24, 2.45) is 17.8 Å². The van der Waals surface area contributed by atoms with E-state index >= 15 is 0 Å². The Balaban J connectivity index is 1.54. The molecule has 112 valence electrons. The van der Waals surface area contributed by atoms with E-state index in [2.05, 4.69) is 23.1 Å². The zero-order valence-corrected chi connectivity index (χ0v) is 12.4. The number of aliphatic carboxylic acids is 1. The van der Waals surface area contributed by atoms with E-state index in [9.17, 15) is 9.90 Å². The summed E-state index contributed by atoms with van der Waals surface area (Å²) in [7, 11) is 0. The summed E-state index contributed by atoms with van der Waals surface area (Å²) in [5.41, 5.74) is 2.53. The minimum Gasteiger partial charge on any atom is -0.480 e. The number of hydrogen-bond donors (Lipinski definition) is 1. The molecule has 4 rings (SSSR count). The SMILES string of the molecule is O=C(O)[C@@H]1Cc2ccccc2CN1CC1CC2CCC1C2. The number of nitrogens with zero attached hydrogens (tertiary/aromatic N) is 1. The molecule has 1 aromatic rings. The standard InChI is InChI=1S/C18H23NO2/c20-18(21)17-9-13-3-1-2-4-15(13)10-19(17)11-16-8-12-5-6-14(16)7-12/h1-4,12,14,16-17H,5-11H2,(H,20,21)/t12?,14?,16?,17-/m0/s1. The largest absolute Gasteiger partial charge is 0.480 e. The maximum Gasteiger partial charge on any atom is 0.321 e. The molecule has 0 radical (unpaired) electrons. The van der Waals surface area contributed by atoms with Gasteiger partial charge in [0.15, 0.2) is 0 Å². The Kier molecular flexibility index (Phi) is 3.26. The van der Waals surface area contributed by atoms with Crippen LogP contribution in [0.3, 0.4) is 0 Å². The maximum atomic E-state index is 11.7. The summed E-state index contributed by atoms with van der Waals surface area (Å²) in [6.45, 7) is 1.79. The molecular formula is C18H23NO2. The first kappa shape index (κ1) is 13.3. The summed E-state index contributed by atoms with van der Waals surface area (Å²) in [6, 6.07) is 7.99. The minimum absolute atomic E-state index is 0.334. The Morgan fingerprint density at radius 2 is 2.00 bits per heavy atom.